The standard InChI is InChI=1S/C17H15ClN4S/c1-13-4-2-3-5-15(13)10-20-22-12-19-21-17(22)23-11-14-6-8-16(18)9-7-14/h2-10,12H,11H2,1H3/b20-10-. The average molecular weight is 343 g/mol. The largest absolute Gasteiger partial charge is 0.212 e. The Hall–Kier alpha value is -2.11. The second-order valence-corrected chi connectivity index (χ2v) is 6.35. The van der Waals surface area contributed by atoms with Gasteiger partial charge in [-0.1, -0.05) is 59.8 Å². The minimum atomic E-state index is 0.741. The highest BCUT2D eigenvalue weighted by Gasteiger charge is 2.05. The molecule has 3 rings (SSSR count). The van der Waals surface area contributed by atoms with Crippen LogP contribution in [0.5, 0.6) is 0 Å². The van der Waals surface area contributed by atoms with E-state index < -0.39 is 0 Å². The molecule has 6 heteroatoms. The predicted molar refractivity (Wildman–Crippen MR) is 95.2 cm³/mol. The lowest BCUT2D eigenvalue weighted by atomic mass is 10.1. The Morgan fingerprint density at radius 3 is 2.74 bits per heavy atom. The van der Waals surface area contributed by atoms with Crippen molar-refractivity contribution in [2.75, 3.05) is 0 Å². The molecule has 0 radical (unpaired) electrons. The molecule has 2 aromatic carbocycles. The number of aryl methyl sites for hydroxylation is 1. The number of benzene rings is 2. The van der Waals surface area contributed by atoms with E-state index in [1.54, 1.807) is 22.8 Å². The zero-order valence-corrected chi connectivity index (χ0v) is 14.1. The minimum absolute atomic E-state index is 0.741. The molecule has 0 spiro atoms. The van der Waals surface area contributed by atoms with E-state index >= 15 is 0 Å². The molecule has 0 fully saturated rings. The summed E-state index contributed by atoms with van der Waals surface area (Å²) in [4.78, 5) is 0. The Bertz CT molecular complexity index is 811. The Morgan fingerprint density at radius 1 is 1.17 bits per heavy atom. The Morgan fingerprint density at radius 2 is 1.96 bits per heavy atom. The third-order valence-electron chi connectivity index (χ3n) is 3.29. The van der Waals surface area contributed by atoms with E-state index in [4.69, 9.17) is 11.6 Å². The molecule has 0 atom stereocenters. The first-order valence-corrected chi connectivity index (χ1v) is 8.46. The molecule has 0 amide bonds. The van der Waals surface area contributed by atoms with E-state index in [-0.39, 0.29) is 0 Å². The second-order valence-electron chi connectivity index (χ2n) is 4.97. The van der Waals surface area contributed by atoms with Gasteiger partial charge in [-0.05, 0) is 35.7 Å². The molecule has 0 unspecified atom stereocenters. The van der Waals surface area contributed by atoms with Gasteiger partial charge >= 0.3 is 0 Å². The summed E-state index contributed by atoms with van der Waals surface area (Å²) in [6.45, 7) is 2.06. The molecule has 0 N–H and O–H groups in total. The smallest absolute Gasteiger partial charge is 0.195 e. The van der Waals surface area contributed by atoms with E-state index in [2.05, 4.69) is 28.3 Å². The fourth-order valence-electron chi connectivity index (χ4n) is 1.98. The molecular weight excluding hydrogens is 328 g/mol. The summed E-state index contributed by atoms with van der Waals surface area (Å²) in [6.07, 6.45) is 3.43. The van der Waals surface area contributed by atoms with Crippen LogP contribution in [0.2, 0.25) is 5.02 Å². The van der Waals surface area contributed by atoms with Gasteiger partial charge in [-0.25, -0.2) is 0 Å². The van der Waals surface area contributed by atoms with Crippen LogP contribution in [-0.4, -0.2) is 21.1 Å². The first-order valence-electron chi connectivity index (χ1n) is 7.09. The van der Waals surface area contributed by atoms with Crippen molar-refractivity contribution >= 4 is 29.6 Å². The molecule has 1 heterocycles. The lowest BCUT2D eigenvalue weighted by molar-refractivity contribution is 0.767. The monoisotopic (exact) mass is 342 g/mol. The number of aromatic nitrogens is 3. The van der Waals surface area contributed by atoms with E-state index in [0.717, 1.165) is 21.5 Å². The molecule has 0 aliphatic heterocycles. The summed E-state index contributed by atoms with van der Waals surface area (Å²) in [5.41, 5.74) is 3.44. The Balaban J connectivity index is 1.70. The van der Waals surface area contributed by atoms with Gasteiger partial charge in [0.15, 0.2) is 0 Å². The number of hydrogen-bond acceptors (Lipinski definition) is 4. The third kappa shape index (κ3) is 4.21. The lowest BCUT2D eigenvalue weighted by Crippen LogP contribution is -1.94. The van der Waals surface area contributed by atoms with E-state index in [0.29, 0.717) is 0 Å². The number of thioether (sulfide) groups is 1. The van der Waals surface area contributed by atoms with Crippen LogP contribution in [0.1, 0.15) is 16.7 Å². The Kier molecular flexibility index (Phi) is 5.10. The highest BCUT2D eigenvalue weighted by molar-refractivity contribution is 7.98. The van der Waals surface area contributed by atoms with Crippen molar-refractivity contribution in [2.24, 2.45) is 5.10 Å². The van der Waals surface area contributed by atoms with E-state index in [9.17, 15) is 0 Å². The molecule has 0 bridgehead atoms. The predicted octanol–water partition coefficient (Wildman–Crippen LogP) is 4.41. The number of nitrogens with zero attached hydrogens (tertiary/aromatic N) is 4. The van der Waals surface area contributed by atoms with Crippen LogP contribution in [0.3, 0.4) is 0 Å². The third-order valence-corrected chi connectivity index (χ3v) is 4.55. The van der Waals surface area contributed by atoms with Crippen molar-refractivity contribution in [1.82, 2.24) is 14.9 Å². The van der Waals surface area contributed by atoms with Crippen molar-refractivity contribution in [3.63, 3.8) is 0 Å². The van der Waals surface area contributed by atoms with Crippen LogP contribution in [0.15, 0.2) is 65.1 Å². The molecule has 23 heavy (non-hydrogen) atoms. The summed E-state index contributed by atoms with van der Waals surface area (Å²) >= 11 is 7.48. The molecule has 0 saturated heterocycles. The highest BCUT2D eigenvalue weighted by Crippen LogP contribution is 2.21. The molecule has 4 nitrogen and oxygen atoms in total. The van der Waals surface area contributed by atoms with Crippen LogP contribution >= 0.6 is 23.4 Å². The molecular formula is C17H15ClN4S. The van der Waals surface area contributed by atoms with Gasteiger partial charge in [0.25, 0.3) is 0 Å². The maximum Gasteiger partial charge on any atom is 0.212 e. The van der Waals surface area contributed by atoms with Crippen molar-refractivity contribution in [1.29, 1.82) is 0 Å². The van der Waals surface area contributed by atoms with Crippen molar-refractivity contribution in [3.8, 4) is 0 Å². The van der Waals surface area contributed by atoms with Crippen molar-refractivity contribution in [2.45, 2.75) is 17.8 Å². The van der Waals surface area contributed by atoms with Gasteiger partial charge in [0.05, 0.1) is 6.21 Å². The maximum atomic E-state index is 5.90. The fourth-order valence-corrected chi connectivity index (χ4v) is 2.92. The highest BCUT2D eigenvalue weighted by atomic mass is 35.5. The van der Waals surface area contributed by atoms with Crippen LogP contribution in [0.25, 0.3) is 0 Å². The summed E-state index contributed by atoms with van der Waals surface area (Å²) in [6, 6.07) is 15.9. The quantitative estimate of drug-likeness (QED) is 0.509. The summed E-state index contributed by atoms with van der Waals surface area (Å²) in [5.74, 6) is 0.787. The van der Waals surface area contributed by atoms with E-state index in [1.807, 2.05) is 48.7 Å². The van der Waals surface area contributed by atoms with Crippen LogP contribution in [0, 0.1) is 6.92 Å². The van der Waals surface area contributed by atoms with Gasteiger partial charge in [0, 0.05) is 10.8 Å². The van der Waals surface area contributed by atoms with Gasteiger partial charge in [-0.2, -0.15) is 9.78 Å². The lowest BCUT2D eigenvalue weighted by Gasteiger charge is -2.02. The molecule has 0 aliphatic rings. The minimum Gasteiger partial charge on any atom is -0.195 e. The summed E-state index contributed by atoms with van der Waals surface area (Å²) < 4.78 is 1.69. The normalized spacial score (nSPS) is 11.2. The maximum absolute atomic E-state index is 5.90. The van der Waals surface area contributed by atoms with E-state index in [1.165, 1.54) is 11.1 Å². The van der Waals surface area contributed by atoms with Gasteiger partial charge in [0.2, 0.25) is 5.16 Å². The van der Waals surface area contributed by atoms with Crippen LogP contribution < -0.4 is 0 Å². The molecule has 116 valence electrons. The molecule has 0 aliphatic carbocycles. The number of halogens is 1. The van der Waals surface area contributed by atoms with Crippen molar-refractivity contribution < 1.29 is 0 Å². The zero-order chi connectivity index (χ0) is 16.1. The van der Waals surface area contributed by atoms with Gasteiger partial charge in [-0.15, -0.1) is 10.2 Å². The molecule has 1 aromatic heterocycles. The first kappa shape index (κ1) is 15.8. The van der Waals surface area contributed by atoms with Crippen LogP contribution in [-0.2, 0) is 5.75 Å². The van der Waals surface area contributed by atoms with Gasteiger partial charge < -0.3 is 0 Å². The Labute approximate surface area is 144 Å². The first-order chi connectivity index (χ1) is 11.2. The summed E-state index contributed by atoms with van der Waals surface area (Å²) in [5, 5.41) is 14.0. The number of rotatable bonds is 5. The van der Waals surface area contributed by atoms with Gasteiger partial charge in [-0.3, -0.25) is 0 Å². The van der Waals surface area contributed by atoms with Gasteiger partial charge in [0.1, 0.15) is 6.33 Å². The molecule has 3 aromatic rings. The SMILES string of the molecule is Cc1ccccc1/C=N\n1cnnc1SCc1ccc(Cl)cc1. The fraction of sp³-hybridized carbons (Fsp3) is 0.118. The molecule has 0 saturated carbocycles. The zero-order valence-electron chi connectivity index (χ0n) is 12.6. The topological polar surface area (TPSA) is 43.1 Å². The summed E-state index contributed by atoms with van der Waals surface area (Å²) in [7, 11) is 0. The average Bonchev–Trinajstić information content (AvgIpc) is 3.01. The second kappa shape index (κ2) is 7.44. The van der Waals surface area contributed by atoms with Crippen molar-refractivity contribution in [3.05, 3.63) is 76.6 Å². The number of hydrogen-bond donors (Lipinski definition) is 0. The van der Waals surface area contributed by atoms with Crippen LogP contribution in [0.4, 0.5) is 0 Å².